The number of piperazine rings is 1. The highest BCUT2D eigenvalue weighted by Gasteiger charge is 2.49. The second-order valence-corrected chi connectivity index (χ2v) is 9.35. The monoisotopic (exact) mass is 379 g/mol. The van der Waals surface area contributed by atoms with Crippen LogP contribution in [0.15, 0.2) is 30.3 Å². The van der Waals surface area contributed by atoms with Gasteiger partial charge in [-0.1, -0.05) is 43.7 Å². The van der Waals surface area contributed by atoms with Crippen molar-refractivity contribution in [3.8, 4) is 0 Å². The van der Waals surface area contributed by atoms with Crippen molar-refractivity contribution in [2.45, 2.75) is 44.7 Å². The molecule has 3 rings (SSSR count). The quantitative estimate of drug-likeness (QED) is 0.815. The molecule has 0 aliphatic carbocycles. The molecule has 1 amide bonds. The van der Waals surface area contributed by atoms with Crippen LogP contribution in [0.2, 0.25) is 0 Å². The lowest BCUT2D eigenvalue weighted by Crippen LogP contribution is -2.67. The summed E-state index contributed by atoms with van der Waals surface area (Å²) in [6.45, 7) is 5.00. The van der Waals surface area contributed by atoms with Gasteiger partial charge in [-0.2, -0.15) is 0 Å². The number of sulfonamides is 1. The Kier molecular flexibility index (Phi) is 5.99. The normalized spacial score (nSPS) is 21.7. The van der Waals surface area contributed by atoms with Gasteiger partial charge in [0.15, 0.2) is 0 Å². The fourth-order valence-corrected chi connectivity index (χ4v) is 5.64. The Hall–Kier alpha value is -1.44. The van der Waals surface area contributed by atoms with Gasteiger partial charge >= 0.3 is 0 Å². The molecule has 0 saturated carbocycles. The molecule has 0 bridgehead atoms. The molecule has 0 atom stereocenters. The van der Waals surface area contributed by atoms with E-state index in [1.165, 1.54) is 5.56 Å². The first kappa shape index (κ1) is 19.3. The van der Waals surface area contributed by atoms with Gasteiger partial charge in [0.25, 0.3) is 0 Å². The Morgan fingerprint density at radius 2 is 1.81 bits per heavy atom. The third-order valence-electron chi connectivity index (χ3n) is 5.61. The Morgan fingerprint density at radius 1 is 1.12 bits per heavy atom. The van der Waals surface area contributed by atoms with Crippen molar-refractivity contribution in [1.82, 2.24) is 14.5 Å². The molecule has 2 saturated heterocycles. The van der Waals surface area contributed by atoms with E-state index >= 15 is 0 Å². The second-order valence-electron chi connectivity index (χ2n) is 7.26. The van der Waals surface area contributed by atoms with Gasteiger partial charge in [-0.15, -0.1) is 0 Å². The highest BCUT2D eigenvalue weighted by molar-refractivity contribution is 7.89. The molecule has 6 nitrogen and oxygen atoms in total. The lowest BCUT2D eigenvalue weighted by atomic mass is 9.83. The lowest BCUT2D eigenvalue weighted by molar-refractivity contribution is -0.141. The van der Waals surface area contributed by atoms with E-state index in [9.17, 15) is 13.2 Å². The van der Waals surface area contributed by atoms with Crippen LogP contribution < -0.4 is 5.32 Å². The first-order chi connectivity index (χ1) is 12.5. The minimum absolute atomic E-state index is 0.0466. The summed E-state index contributed by atoms with van der Waals surface area (Å²) in [6, 6.07) is 10.2. The fourth-order valence-electron chi connectivity index (χ4n) is 3.99. The molecule has 1 aromatic rings. The minimum atomic E-state index is -3.21. The van der Waals surface area contributed by atoms with Gasteiger partial charge in [-0.25, -0.2) is 12.7 Å². The van der Waals surface area contributed by atoms with E-state index in [1.807, 2.05) is 25.1 Å². The van der Waals surface area contributed by atoms with E-state index < -0.39 is 15.6 Å². The molecule has 0 unspecified atom stereocenters. The maximum absolute atomic E-state index is 12.8. The smallest absolute Gasteiger partial charge is 0.240 e. The number of carbonyl (C=O) groups excluding carboxylic acids is 1. The molecule has 2 aliphatic rings. The van der Waals surface area contributed by atoms with Crippen molar-refractivity contribution >= 4 is 15.9 Å². The second kappa shape index (κ2) is 8.06. The molecule has 1 aromatic carbocycles. The van der Waals surface area contributed by atoms with Crippen molar-refractivity contribution in [3.63, 3.8) is 0 Å². The van der Waals surface area contributed by atoms with Gasteiger partial charge in [0, 0.05) is 32.7 Å². The molecular formula is C19H29N3O3S. The highest BCUT2D eigenvalue weighted by Crippen LogP contribution is 2.33. The number of amides is 1. The number of rotatable bonds is 6. The van der Waals surface area contributed by atoms with E-state index in [0.717, 1.165) is 19.5 Å². The number of hydrogen-bond acceptors (Lipinski definition) is 4. The maximum Gasteiger partial charge on any atom is 0.240 e. The standard InChI is InChI=1S/C19H29N3O3S/c1-2-3-15-26(24,25)22-12-9-19(10-13-22)18(23)20-11-14-21(19)16-17-7-5-4-6-8-17/h4-8H,2-3,9-16H2,1H3,(H,20,23). The molecule has 2 heterocycles. The van der Waals surface area contributed by atoms with E-state index in [0.29, 0.717) is 38.9 Å². The topological polar surface area (TPSA) is 69.7 Å². The van der Waals surface area contributed by atoms with Crippen molar-refractivity contribution in [3.05, 3.63) is 35.9 Å². The van der Waals surface area contributed by atoms with Crippen LogP contribution in [0, 0.1) is 0 Å². The summed E-state index contributed by atoms with van der Waals surface area (Å²) in [5.74, 6) is 0.251. The molecule has 1 N–H and O–H groups in total. The number of piperidine rings is 1. The summed E-state index contributed by atoms with van der Waals surface area (Å²) in [5.41, 5.74) is 0.588. The van der Waals surface area contributed by atoms with Crippen molar-refractivity contribution in [2.24, 2.45) is 0 Å². The van der Waals surface area contributed by atoms with Crippen molar-refractivity contribution in [1.29, 1.82) is 0 Å². The van der Waals surface area contributed by atoms with E-state index in [1.54, 1.807) is 4.31 Å². The van der Waals surface area contributed by atoms with Crippen molar-refractivity contribution < 1.29 is 13.2 Å². The molecule has 0 aromatic heterocycles. The van der Waals surface area contributed by atoms with Crippen LogP contribution in [0.25, 0.3) is 0 Å². The van der Waals surface area contributed by atoms with Gasteiger partial charge in [-0.3, -0.25) is 9.69 Å². The maximum atomic E-state index is 12.8. The first-order valence-electron chi connectivity index (χ1n) is 9.53. The Labute approximate surface area is 156 Å². The average molecular weight is 380 g/mol. The zero-order valence-corrected chi connectivity index (χ0v) is 16.3. The van der Waals surface area contributed by atoms with Crippen LogP contribution in [-0.2, 0) is 21.4 Å². The van der Waals surface area contributed by atoms with Crippen LogP contribution >= 0.6 is 0 Å². The Balaban J connectivity index is 1.73. The molecule has 1 spiro atoms. The van der Waals surface area contributed by atoms with Gasteiger partial charge in [-0.05, 0) is 24.8 Å². The molecule has 0 radical (unpaired) electrons. The predicted molar refractivity (Wildman–Crippen MR) is 102 cm³/mol. The fraction of sp³-hybridized carbons (Fsp3) is 0.632. The number of benzene rings is 1. The van der Waals surface area contributed by atoms with Crippen LogP contribution in [0.3, 0.4) is 0 Å². The summed E-state index contributed by atoms with van der Waals surface area (Å²) in [6.07, 6.45) is 2.66. The average Bonchev–Trinajstić information content (AvgIpc) is 2.65. The molecule has 2 fully saturated rings. The highest BCUT2D eigenvalue weighted by atomic mass is 32.2. The Morgan fingerprint density at radius 3 is 2.46 bits per heavy atom. The van der Waals surface area contributed by atoms with Crippen molar-refractivity contribution in [2.75, 3.05) is 31.9 Å². The number of unbranched alkanes of at least 4 members (excludes halogenated alkanes) is 1. The third kappa shape index (κ3) is 3.94. The van der Waals surface area contributed by atoms with Crippen LogP contribution in [0.5, 0.6) is 0 Å². The van der Waals surface area contributed by atoms with E-state index in [-0.39, 0.29) is 11.7 Å². The minimum Gasteiger partial charge on any atom is -0.353 e. The summed E-state index contributed by atoms with van der Waals surface area (Å²) in [7, 11) is -3.21. The lowest BCUT2D eigenvalue weighted by Gasteiger charge is -2.49. The number of carbonyl (C=O) groups is 1. The summed E-state index contributed by atoms with van der Waals surface area (Å²) in [5, 5.41) is 3.00. The molecule has 144 valence electrons. The SMILES string of the molecule is CCCCS(=O)(=O)N1CCC2(CC1)C(=O)NCCN2Cc1ccccc1. The molecule has 26 heavy (non-hydrogen) atoms. The number of nitrogens with one attached hydrogen (secondary N) is 1. The third-order valence-corrected chi connectivity index (χ3v) is 7.57. The van der Waals surface area contributed by atoms with Gasteiger partial charge in [0.2, 0.25) is 15.9 Å². The summed E-state index contributed by atoms with van der Waals surface area (Å²) < 4.78 is 26.5. The number of hydrogen-bond donors (Lipinski definition) is 1. The van der Waals surface area contributed by atoms with Crippen LogP contribution in [-0.4, -0.2) is 61.0 Å². The molecular weight excluding hydrogens is 350 g/mol. The van der Waals surface area contributed by atoms with Crippen LogP contribution in [0.4, 0.5) is 0 Å². The Bertz CT molecular complexity index is 713. The molecule has 2 aliphatic heterocycles. The first-order valence-corrected chi connectivity index (χ1v) is 11.1. The van der Waals surface area contributed by atoms with Gasteiger partial charge in [0.1, 0.15) is 5.54 Å². The van der Waals surface area contributed by atoms with Crippen LogP contribution in [0.1, 0.15) is 38.2 Å². The largest absolute Gasteiger partial charge is 0.353 e. The summed E-state index contributed by atoms with van der Waals surface area (Å²) in [4.78, 5) is 15.0. The molecule has 7 heteroatoms. The van der Waals surface area contributed by atoms with E-state index in [2.05, 4.69) is 22.3 Å². The number of nitrogens with zero attached hydrogens (tertiary/aromatic N) is 2. The van der Waals surface area contributed by atoms with Gasteiger partial charge in [0.05, 0.1) is 5.75 Å². The van der Waals surface area contributed by atoms with E-state index in [4.69, 9.17) is 0 Å². The summed E-state index contributed by atoms with van der Waals surface area (Å²) >= 11 is 0. The zero-order valence-electron chi connectivity index (χ0n) is 15.5. The predicted octanol–water partition coefficient (Wildman–Crippen LogP) is 1.58. The van der Waals surface area contributed by atoms with Gasteiger partial charge < -0.3 is 5.32 Å². The zero-order chi connectivity index (χ0) is 18.6.